The fourth-order valence-corrected chi connectivity index (χ4v) is 3.44. The molecule has 0 aromatic heterocycles. The average Bonchev–Trinajstić information content (AvgIpc) is 2.92. The molecule has 0 aromatic carbocycles. The summed E-state index contributed by atoms with van der Waals surface area (Å²) >= 11 is 0. The maximum absolute atomic E-state index is 11.8. The molecule has 3 aliphatic rings. The summed E-state index contributed by atoms with van der Waals surface area (Å²) in [4.78, 5) is 22.9. The Morgan fingerprint density at radius 3 is 3.00 bits per heavy atom. The van der Waals surface area contributed by atoms with Gasteiger partial charge in [-0.05, 0) is 39.5 Å². The van der Waals surface area contributed by atoms with E-state index in [1.54, 1.807) is 0 Å². The van der Waals surface area contributed by atoms with Crippen LogP contribution in [0.5, 0.6) is 0 Å². The first-order chi connectivity index (χ1) is 9.05. The van der Waals surface area contributed by atoms with Gasteiger partial charge in [0.1, 0.15) is 24.4 Å². The SMILES string of the molecule is C/C1=C\CC[C@@]2(C)O[C@@H]2[C@H]2OC(=O)C(C=O)[C@@H]2CC1. The summed E-state index contributed by atoms with van der Waals surface area (Å²) in [6.07, 6.45) is 6.42. The third kappa shape index (κ3) is 2.12. The molecule has 0 bridgehead atoms. The van der Waals surface area contributed by atoms with Crippen LogP contribution in [0, 0.1) is 11.8 Å². The van der Waals surface area contributed by atoms with E-state index in [9.17, 15) is 9.59 Å². The minimum Gasteiger partial charge on any atom is -0.459 e. The molecule has 1 aliphatic carbocycles. The molecule has 0 spiro atoms. The highest BCUT2D eigenvalue weighted by molar-refractivity contribution is 5.90. The highest BCUT2D eigenvalue weighted by Crippen LogP contribution is 2.49. The first kappa shape index (κ1) is 12.9. The van der Waals surface area contributed by atoms with Crippen molar-refractivity contribution in [3.63, 3.8) is 0 Å². The molecule has 5 atom stereocenters. The molecule has 0 amide bonds. The number of ether oxygens (including phenoxy) is 2. The van der Waals surface area contributed by atoms with Crippen LogP contribution >= 0.6 is 0 Å². The molecule has 0 saturated carbocycles. The topological polar surface area (TPSA) is 55.9 Å². The van der Waals surface area contributed by atoms with Crippen LogP contribution in [0.25, 0.3) is 0 Å². The highest BCUT2D eigenvalue weighted by Gasteiger charge is 2.62. The zero-order valence-corrected chi connectivity index (χ0v) is 11.4. The molecular formula is C15H20O4. The lowest BCUT2D eigenvalue weighted by Gasteiger charge is -2.20. The number of hydrogen-bond acceptors (Lipinski definition) is 4. The minimum atomic E-state index is -0.606. The summed E-state index contributed by atoms with van der Waals surface area (Å²) in [5.74, 6) is -1.01. The number of hydrogen-bond donors (Lipinski definition) is 0. The minimum absolute atomic E-state index is 0.0294. The summed E-state index contributed by atoms with van der Waals surface area (Å²) < 4.78 is 11.2. The Kier molecular flexibility index (Phi) is 3.01. The van der Waals surface area contributed by atoms with E-state index >= 15 is 0 Å². The van der Waals surface area contributed by atoms with Crippen molar-refractivity contribution >= 4 is 12.3 Å². The highest BCUT2D eigenvalue weighted by atomic mass is 16.6. The van der Waals surface area contributed by atoms with E-state index in [1.165, 1.54) is 5.57 Å². The molecule has 1 unspecified atom stereocenters. The predicted octanol–water partition coefficient (Wildman–Crippen LogP) is 2.02. The van der Waals surface area contributed by atoms with Crippen LogP contribution in [0.15, 0.2) is 11.6 Å². The summed E-state index contributed by atoms with van der Waals surface area (Å²) in [5.41, 5.74) is 1.14. The molecule has 2 heterocycles. The van der Waals surface area contributed by atoms with Crippen molar-refractivity contribution < 1.29 is 19.1 Å². The molecule has 0 radical (unpaired) electrons. The van der Waals surface area contributed by atoms with Crippen LogP contribution in [-0.4, -0.2) is 30.1 Å². The van der Waals surface area contributed by atoms with E-state index in [0.717, 1.165) is 32.0 Å². The van der Waals surface area contributed by atoms with E-state index in [-0.39, 0.29) is 29.7 Å². The lowest BCUT2D eigenvalue weighted by Crippen LogP contribution is -2.30. The van der Waals surface area contributed by atoms with Crippen molar-refractivity contribution in [2.75, 3.05) is 0 Å². The van der Waals surface area contributed by atoms with Gasteiger partial charge >= 0.3 is 5.97 Å². The molecular weight excluding hydrogens is 244 g/mol. The molecule has 2 fully saturated rings. The smallest absolute Gasteiger partial charge is 0.316 e. The second kappa shape index (κ2) is 4.44. The number of rotatable bonds is 1. The lowest BCUT2D eigenvalue weighted by molar-refractivity contribution is -0.145. The lowest BCUT2D eigenvalue weighted by atomic mass is 9.81. The molecule has 2 aliphatic heterocycles. The summed E-state index contributed by atoms with van der Waals surface area (Å²) in [5, 5.41) is 0. The Bertz CT molecular complexity index is 441. The third-order valence-electron chi connectivity index (χ3n) is 4.80. The summed E-state index contributed by atoms with van der Waals surface area (Å²) in [6, 6.07) is 0. The van der Waals surface area contributed by atoms with Gasteiger partial charge in [0.25, 0.3) is 0 Å². The molecule has 3 rings (SSSR count). The van der Waals surface area contributed by atoms with Crippen molar-refractivity contribution in [2.45, 2.75) is 57.3 Å². The van der Waals surface area contributed by atoms with Gasteiger partial charge in [-0.1, -0.05) is 11.6 Å². The number of fused-ring (bicyclic) bond motifs is 3. The van der Waals surface area contributed by atoms with Gasteiger partial charge in [0.2, 0.25) is 0 Å². The quantitative estimate of drug-likeness (QED) is 0.239. The number of allylic oxidation sites excluding steroid dienone is 2. The van der Waals surface area contributed by atoms with Crippen LogP contribution in [-0.2, 0) is 19.1 Å². The van der Waals surface area contributed by atoms with Crippen LogP contribution < -0.4 is 0 Å². The molecule has 2 saturated heterocycles. The zero-order chi connectivity index (χ0) is 13.6. The number of esters is 1. The van der Waals surface area contributed by atoms with E-state index in [1.807, 2.05) is 0 Å². The first-order valence-corrected chi connectivity index (χ1v) is 7.04. The number of carbonyl (C=O) groups excluding carboxylic acids is 2. The monoisotopic (exact) mass is 264 g/mol. The second-order valence-electron chi connectivity index (χ2n) is 6.21. The predicted molar refractivity (Wildman–Crippen MR) is 68.4 cm³/mol. The summed E-state index contributed by atoms with van der Waals surface area (Å²) in [7, 11) is 0. The number of aldehydes is 1. The Morgan fingerprint density at radius 2 is 2.26 bits per heavy atom. The van der Waals surface area contributed by atoms with Crippen molar-refractivity contribution in [3.8, 4) is 0 Å². The molecule has 4 nitrogen and oxygen atoms in total. The average molecular weight is 264 g/mol. The Labute approximate surface area is 113 Å². The fourth-order valence-electron chi connectivity index (χ4n) is 3.44. The van der Waals surface area contributed by atoms with E-state index in [4.69, 9.17) is 9.47 Å². The Balaban J connectivity index is 1.87. The van der Waals surface area contributed by atoms with Crippen molar-refractivity contribution in [3.05, 3.63) is 11.6 Å². The van der Waals surface area contributed by atoms with Crippen LogP contribution in [0.1, 0.15) is 39.5 Å². The normalized spacial score (nSPS) is 48.3. The van der Waals surface area contributed by atoms with Gasteiger partial charge in [-0.3, -0.25) is 4.79 Å². The Morgan fingerprint density at radius 1 is 1.47 bits per heavy atom. The Hall–Kier alpha value is -1.16. The summed E-state index contributed by atoms with van der Waals surface area (Å²) in [6.45, 7) is 4.18. The van der Waals surface area contributed by atoms with Gasteiger partial charge in [-0.25, -0.2) is 0 Å². The van der Waals surface area contributed by atoms with Gasteiger partial charge in [0.05, 0.1) is 5.60 Å². The third-order valence-corrected chi connectivity index (χ3v) is 4.80. The molecule has 0 aromatic rings. The fraction of sp³-hybridized carbons (Fsp3) is 0.733. The van der Waals surface area contributed by atoms with E-state index in [2.05, 4.69) is 19.9 Å². The largest absolute Gasteiger partial charge is 0.459 e. The van der Waals surface area contributed by atoms with Gasteiger partial charge < -0.3 is 14.3 Å². The van der Waals surface area contributed by atoms with Crippen LogP contribution in [0.2, 0.25) is 0 Å². The maximum Gasteiger partial charge on any atom is 0.316 e. The number of epoxide rings is 1. The van der Waals surface area contributed by atoms with Gasteiger partial charge in [0.15, 0.2) is 0 Å². The van der Waals surface area contributed by atoms with Gasteiger partial charge in [-0.15, -0.1) is 0 Å². The van der Waals surface area contributed by atoms with Crippen LogP contribution in [0.3, 0.4) is 0 Å². The van der Waals surface area contributed by atoms with Crippen molar-refractivity contribution in [1.82, 2.24) is 0 Å². The zero-order valence-electron chi connectivity index (χ0n) is 11.4. The van der Waals surface area contributed by atoms with Crippen molar-refractivity contribution in [1.29, 1.82) is 0 Å². The van der Waals surface area contributed by atoms with E-state index in [0.29, 0.717) is 0 Å². The standard InChI is InChI=1S/C15H20O4/c1-9-4-3-7-15(2)13(19-15)12-10(6-5-9)11(8-16)14(17)18-12/h4,8,10-13H,3,5-7H2,1-2H3/b9-4+/t10-,11?,12-,13+,15+/m0/s1. The molecule has 0 N–H and O–H groups in total. The van der Waals surface area contributed by atoms with E-state index < -0.39 is 5.92 Å². The maximum atomic E-state index is 11.8. The molecule has 104 valence electrons. The van der Waals surface area contributed by atoms with Crippen molar-refractivity contribution in [2.24, 2.45) is 11.8 Å². The molecule has 4 heteroatoms. The molecule has 19 heavy (non-hydrogen) atoms. The first-order valence-electron chi connectivity index (χ1n) is 7.04. The number of carbonyl (C=O) groups is 2. The van der Waals surface area contributed by atoms with Gasteiger partial charge in [-0.2, -0.15) is 0 Å². The van der Waals surface area contributed by atoms with Gasteiger partial charge in [0, 0.05) is 5.92 Å². The second-order valence-corrected chi connectivity index (χ2v) is 6.21. The van der Waals surface area contributed by atoms with Crippen LogP contribution in [0.4, 0.5) is 0 Å².